The molecule has 1 atom stereocenters. The van der Waals surface area contributed by atoms with E-state index in [1.165, 1.54) is 44.6 Å². The van der Waals surface area contributed by atoms with Gasteiger partial charge in [-0.15, -0.1) is 0 Å². The highest BCUT2D eigenvalue weighted by Gasteiger charge is 2.46. The Hall–Kier alpha value is -4.21. The molecule has 4 amide bonds. The summed E-state index contributed by atoms with van der Waals surface area (Å²) >= 11 is 0. The van der Waals surface area contributed by atoms with Gasteiger partial charge in [0.15, 0.2) is 0 Å². The highest BCUT2D eigenvalue weighted by atomic mass is 19.1. The number of methoxy groups -OCH3 is 2. The van der Waals surface area contributed by atoms with Crippen LogP contribution in [0, 0.1) is 5.82 Å². The number of amides is 4. The number of allylic oxidation sites excluding steroid dienone is 1. The van der Waals surface area contributed by atoms with Gasteiger partial charge in [0, 0.05) is 17.7 Å². The quantitative estimate of drug-likeness (QED) is 0.407. The van der Waals surface area contributed by atoms with E-state index in [2.05, 4.69) is 5.43 Å². The topological polar surface area (TPSA) is 105 Å². The number of halogens is 1. The number of ether oxygens (including phenoxy) is 2. The summed E-state index contributed by atoms with van der Waals surface area (Å²) in [5.41, 5.74) is 2.42. The van der Waals surface area contributed by atoms with Crippen LogP contribution in [0.5, 0.6) is 11.5 Å². The molecular weight excluding hydrogens is 433 g/mol. The molecule has 0 radical (unpaired) electrons. The molecule has 1 aliphatic heterocycles. The molecule has 1 saturated heterocycles. The first-order valence-corrected chi connectivity index (χ1v) is 9.92. The minimum absolute atomic E-state index is 0.0589. The Morgan fingerprint density at radius 3 is 2.55 bits per heavy atom. The zero-order valence-corrected chi connectivity index (χ0v) is 18.2. The van der Waals surface area contributed by atoms with Crippen LogP contribution in [-0.2, 0) is 14.4 Å². The van der Waals surface area contributed by atoms with Crippen molar-refractivity contribution in [3.8, 4) is 11.5 Å². The maximum absolute atomic E-state index is 13.5. The van der Waals surface area contributed by atoms with E-state index in [4.69, 9.17) is 9.47 Å². The number of hydrogen-bond acceptors (Lipinski definition) is 6. The Morgan fingerprint density at radius 1 is 1.15 bits per heavy atom. The lowest BCUT2D eigenvalue weighted by Crippen LogP contribution is -2.54. The van der Waals surface area contributed by atoms with Crippen LogP contribution >= 0.6 is 0 Å². The monoisotopic (exact) mass is 455 g/mol. The van der Waals surface area contributed by atoms with Gasteiger partial charge in [-0.05, 0) is 37.3 Å². The SMILES string of the molecule is CC=CC(=O)N(NC(=O)c1cccc(F)c1)C1CC(=O)N(c2cc(OC)ccc2OC)C1=O. The third kappa shape index (κ3) is 4.84. The van der Waals surface area contributed by atoms with Crippen molar-refractivity contribution < 1.29 is 33.0 Å². The zero-order valence-electron chi connectivity index (χ0n) is 18.2. The van der Waals surface area contributed by atoms with E-state index >= 15 is 0 Å². The predicted molar refractivity (Wildman–Crippen MR) is 116 cm³/mol. The Kier molecular flexibility index (Phi) is 7.07. The minimum Gasteiger partial charge on any atom is -0.497 e. The average molecular weight is 455 g/mol. The molecule has 0 spiro atoms. The van der Waals surface area contributed by atoms with Crippen LogP contribution < -0.4 is 19.8 Å². The molecule has 10 heteroatoms. The predicted octanol–water partition coefficient (Wildman–Crippen LogP) is 2.22. The Bertz CT molecular complexity index is 1130. The maximum atomic E-state index is 13.5. The highest BCUT2D eigenvalue weighted by Crippen LogP contribution is 2.36. The maximum Gasteiger partial charge on any atom is 0.270 e. The van der Waals surface area contributed by atoms with Crippen molar-refractivity contribution in [2.75, 3.05) is 19.1 Å². The second-order valence-electron chi connectivity index (χ2n) is 6.98. The summed E-state index contributed by atoms with van der Waals surface area (Å²) in [5.74, 6) is -2.90. The van der Waals surface area contributed by atoms with Gasteiger partial charge in [-0.2, -0.15) is 0 Å². The van der Waals surface area contributed by atoms with Crippen LogP contribution in [0.4, 0.5) is 10.1 Å². The fraction of sp³-hybridized carbons (Fsp3) is 0.217. The summed E-state index contributed by atoms with van der Waals surface area (Å²) in [4.78, 5) is 52.4. The number of nitrogens with zero attached hydrogens (tertiary/aromatic N) is 2. The molecule has 2 aromatic carbocycles. The van der Waals surface area contributed by atoms with Crippen LogP contribution in [0.25, 0.3) is 0 Å². The molecule has 3 rings (SSSR count). The van der Waals surface area contributed by atoms with Crippen molar-refractivity contribution in [1.29, 1.82) is 0 Å². The van der Waals surface area contributed by atoms with E-state index in [1.54, 1.807) is 13.0 Å². The molecule has 33 heavy (non-hydrogen) atoms. The van der Waals surface area contributed by atoms with E-state index < -0.39 is 35.5 Å². The molecule has 1 fully saturated rings. The van der Waals surface area contributed by atoms with Gasteiger partial charge in [0.1, 0.15) is 23.4 Å². The number of rotatable bonds is 6. The van der Waals surface area contributed by atoms with E-state index in [1.807, 2.05) is 0 Å². The first-order chi connectivity index (χ1) is 15.8. The first-order valence-electron chi connectivity index (χ1n) is 9.92. The van der Waals surface area contributed by atoms with Crippen molar-refractivity contribution in [2.24, 2.45) is 0 Å². The highest BCUT2D eigenvalue weighted by molar-refractivity contribution is 6.24. The normalized spacial score (nSPS) is 15.6. The van der Waals surface area contributed by atoms with Crippen molar-refractivity contribution in [2.45, 2.75) is 19.4 Å². The number of anilines is 1. The summed E-state index contributed by atoms with van der Waals surface area (Å²) in [6.07, 6.45) is 2.18. The molecule has 9 nitrogen and oxygen atoms in total. The lowest BCUT2D eigenvalue weighted by molar-refractivity contribution is -0.137. The Morgan fingerprint density at radius 2 is 1.91 bits per heavy atom. The number of benzene rings is 2. The second-order valence-corrected chi connectivity index (χ2v) is 6.98. The van der Waals surface area contributed by atoms with Gasteiger partial charge in [0.05, 0.1) is 26.3 Å². The lowest BCUT2D eigenvalue weighted by atomic mass is 10.2. The largest absolute Gasteiger partial charge is 0.497 e. The van der Waals surface area contributed by atoms with Crippen LogP contribution in [0.3, 0.4) is 0 Å². The van der Waals surface area contributed by atoms with Gasteiger partial charge < -0.3 is 9.47 Å². The number of hydrogen-bond donors (Lipinski definition) is 1. The van der Waals surface area contributed by atoms with Crippen molar-refractivity contribution in [1.82, 2.24) is 10.4 Å². The van der Waals surface area contributed by atoms with Crippen molar-refractivity contribution in [3.63, 3.8) is 0 Å². The molecule has 1 unspecified atom stereocenters. The second kappa shape index (κ2) is 9.94. The van der Waals surface area contributed by atoms with E-state index in [-0.39, 0.29) is 23.4 Å². The number of imide groups is 1. The summed E-state index contributed by atoms with van der Waals surface area (Å²) in [6.45, 7) is 1.58. The van der Waals surface area contributed by atoms with Gasteiger partial charge in [-0.1, -0.05) is 12.1 Å². The summed E-state index contributed by atoms with van der Waals surface area (Å²) in [5, 5.41) is 0.778. The third-order valence-electron chi connectivity index (χ3n) is 4.92. The standard InChI is InChI=1S/C23H22FN3O6/c1-4-6-20(28)27(25-22(30)14-7-5-8-15(24)11-14)18-13-21(29)26(23(18)31)17-12-16(32-2)9-10-19(17)33-3/h4-12,18H,13H2,1-3H3,(H,25,30). The van der Waals surface area contributed by atoms with Crippen LogP contribution in [0.2, 0.25) is 0 Å². The third-order valence-corrected chi connectivity index (χ3v) is 4.92. The molecule has 1 heterocycles. The molecule has 0 aromatic heterocycles. The minimum atomic E-state index is -1.32. The zero-order chi connectivity index (χ0) is 24.1. The van der Waals surface area contributed by atoms with E-state index in [0.717, 1.165) is 28.1 Å². The van der Waals surface area contributed by atoms with Gasteiger partial charge >= 0.3 is 0 Å². The lowest BCUT2D eigenvalue weighted by Gasteiger charge is -2.27. The molecular formula is C23H22FN3O6. The van der Waals surface area contributed by atoms with Crippen LogP contribution in [-0.4, -0.2) is 48.9 Å². The summed E-state index contributed by atoms with van der Waals surface area (Å²) in [7, 11) is 2.82. The number of hydrazine groups is 1. The van der Waals surface area contributed by atoms with Gasteiger partial charge in [0.2, 0.25) is 5.91 Å². The molecule has 172 valence electrons. The number of carbonyl (C=O) groups excluding carboxylic acids is 4. The average Bonchev–Trinajstić information content (AvgIpc) is 3.10. The van der Waals surface area contributed by atoms with Crippen LogP contribution in [0.1, 0.15) is 23.7 Å². The van der Waals surface area contributed by atoms with Gasteiger partial charge in [-0.3, -0.25) is 24.6 Å². The summed E-state index contributed by atoms with van der Waals surface area (Å²) in [6, 6.07) is 8.12. The number of carbonyl (C=O) groups is 4. The smallest absolute Gasteiger partial charge is 0.270 e. The number of nitrogens with one attached hydrogen (secondary N) is 1. The molecule has 0 saturated carbocycles. The van der Waals surface area contributed by atoms with Gasteiger partial charge in [-0.25, -0.2) is 14.3 Å². The van der Waals surface area contributed by atoms with Crippen LogP contribution in [0.15, 0.2) is 54.6 Å². The first kappa shape index (κ1) is 23.5. The molecule has 0 aliphatic carbocycles. The fourth-order valence-corrected chi connectivity index (χ4v) is 3.36. The Labute approximate surface area is 189 Å². The van der Waals surface area contributed by atoms with Crippen molar-refractivity contribution in [3.05, 3.63) is 66.0 Å². The Balaban J connectivity index is 1.96. The molecule has 0 bridgehead atoms. The van der Waals surface area contributed by atoms with Gasteiger partial charge in [0.25, 0.3) is 17.7 Å². The fourth-order valence-electron chi connectivity index (χ4n) is 3.36. The van der Waals surface area contributed by atoms with E-state index in [9.17, 15) is 23.6 Å². The van der Waals surface area contributed by atoms with E-state index in [0.29, 0.717) is 5.75 Å². The summed E-state index contributed by atoms with van der Waals surface area (Å²) < 4.78 is 24.0. The molecule has 1 aliphatic rings. The van der Waals surface area contributed by atoms with Crippen molar-refractivity contribution >= 4 is 29.3 Å². The molecule has 2 aromatic rings. The molecule has 1 N–H and O–H groups in total.